The van der Waals surface area contributed by atoms with Crippen LogP contribution in [-0.4, -0.2) is 27.6 Å². The van der Waals surface area contributed by atoms with Gasteiger partial charge in [-0.05, 0) is 49.2 Å². The van der Waals surface area contributed by atoms with Crippen molar-refractivity contribution < 1.29 is 22.7 Å². The number of esters is 1. The highest BCUT2D eigenvalue weighted by Crippen LogP contribution is 2.32. The second-order valence-electron chi connectivity index (χ2n) is 5.50. The molecule has 9 heteroatoms. The van der Waals surface area contributed by atoms with Crippen LogP contribution in [0.2, 0.25) is 10.0 Å². The van der Waals surface area contributed by atoms with Crippen molar-refractivity contribution in [2.45, 2.75) is 18.7 Å². The highest BCUT2D eigenvalue weighted by molar-refractivity contribution is 7.89. The van der Waals surface area contributed by atoms with Gasteiger partial charge in [0, 0.05) is 0 Å². The van der Waals surface area contributed by atoms with Crippen LogP contribution in [-0.2, 0) is 14.8 Å². The highest BCUT2D eigenvalue weighted by atomic mass is 35.5. The van der Waals surface area contributed by atoms with Crippen molar-refractivity contribution >= 4 is 39.2 Å². The third-order valence-electron chi connectivity index (χ3n) is 3.64. The fraction of sp³-hybridized carbons (Fsp3) is 0.235. The highest BCUT2D eigenvalue weighted by Gasteiger charge is 2.18. The van der Waals surface area contributed by atoms with E-state index in [0.29, 0.717) is 26.9 Å². The summed E-state index contributed by atoms with van der Waals surface area (Å²) >= 11 is 11.9. The molecule has 0 unspecified atom stereocenters. The van der Waals surface area contributed by atoms with Crippen LogP contribution in [0.4, 0.5) is 0 Å². The van der Waals surface area contributed by atoms with Gasteiger partial charge < -0.3 is 9.47 Å². The largest absolute Gasteiger partial charge is 0.487 e. The fourth-order valence-electron chi connectivity index (χ4n) is 2.22. The van der Waals surface area contributed by atoms with Gasteiger partial charge in [-0.1, -0.05) is 29.3 Å². The molecule has 140 valence electrons. The minimum Gasteiger partial charge on any atom is -0.487 e. The van der Waals surface area contributed by atoms with E-state index in [4.69, 9.17) is 37.8 Å². The molecule has 0 bridgehead atoms. The van der Waals surface area contributed by atoms with Crippen LogP contribution in [0, 0.1) is 13.8 Å². The number of sulfonamides is 1. The fourth-order valence-corrected chi connectivity index (χ4v) is 3.61. The summed E-state index contributed by atoms with van der Waals surface area (Å²) in [5, 5.41) is 5.87. The van der Waals surface area contributed by atoms with Gasteiger partial charge in [0.25, 0.3) is 0 Å². The molecule has 0 amide bonds. The average Bonchev–Trinajstić information content (AvgIpc) is 2.54. The van der Waals surface area contributed by atoms with Crippen LogP contribution in [0.3, 0.4) is 0 Å². The minimum atomic E-state index is -3.94. The van der Waals surface area contributed by atoms with E-state index in [1.54, 1.807) is 32.0 Å². The van der Waals surface area contributed by atoms with E-state index in [1.807, 2.05) is 0 Å². The van der Waals surface area contributed by atoms with Crippen LogP contribution >= 0.6 is 23.2 Å². The maximum atomic E-state index is 12.2. The molecule has 0 heterocycles. The lowest BCUT2D eigenvalue weighted by Crippen LogP contribution is -2.17. The third-order valence-corrected chi connectivity index (χ3v) is 5.28. The molecule has 0 saturated heterocycles. The van der Waals surface area contributed by atoms with Crippen LogP contribution in [0.5, 0.6) is 5.75 Å². The molecular formula is C17H17Cl2NO5S. The quantitative estimate of drug-likeness (QED) is 0.572. The number of hydrogen-bond donors (Lipinski definition) is 1. The van der Waals surface area contributed by atoms with E-state index in [9.17, 15) is 13.2 Å². The van der Waals surface area contributed by atoms with Crippen molar-refractivity contribution in [1.82, 2.24) is 0 Å². The SMILES string of the molecule is Cc1cc(C(=O)OCCOc2c(Cl)cccc2Cl)cc(S(N)(=O)=O)c1C. The van der Waals surface area contributed by atoms with Crippen molar-refractivity contribution in [3.63, 3.8) is 0 Å². The van der Waals surface area contributed by atoms with Gasteiger partial charge in [-0.25, -0.2) is 18.4 Å². The monoisotopic (exact) mass is 417 g/mol. The summed E-state index contributed by atoms with van der Waals surface area (Å²) in [5.74, 6) is -0.388. The Balaban J connectivity index is 2.04. The predicted octanol–water partition coefficient (Wildman–Crippen LogP) is 3.49. The lowest BCUT2D eigenvalue weighted by atomic mass is 10.1. The zero-order valence-electron chi connectivity index (χ0n) is 14.1. The van der Waals surface area contributed by atoms with Gasteiger partial charge >= 0.3 is 5.97 Å². The molecule has 26 heavy (non-hydrogen) atoms. The molecule has 2 aromatic carbocycles. The van der Waals surface area contributed by atoms with Gasteiger partial charge in [0.05, 0.1) is 20.5 Å². The number of rotatable bonds is 6. The van der Waals surface area contributed by atoms with E-state index in [1.165, 1.54) is 12.1 Å². The standard InChI is InChI=1S/C17H17Cl2NO5S/c1-10-8-12(9-15(11(10)2)26(20,22)23)17(21)25-7-6-24-16-13(18)4-3-5-14(16)19/h3-5,8-9H,6-7H2,1-2H3,(H2,20,22,23). The number of carbonyl (C=O) groups is 1. The number of carbonyl (C=O) groups excluding carboxylic acids is 1. The third kappa shape index (κ3) is 4.88. The van der Waals surface area contributed by atoms with Crippen LogP contribution in [0.15, 0.2) is 35.2 Å². The van der Waals surface area contributed by atoms with Gasteiger partial charge in [0.15, 0.2) is 5.75 Å². The number of hydrogen-bond acceptors (Lipinski definition) is 5. The zero-order valence-corrected chi connectivity index (χ0v) is 16.4. The van der Waals surface area contributed by atoms with Crippen LogP contribution in [0.25, 0.3) is 0 Å². The van der Waals surface area contributed by atoms with E-state index < -0.39 is 16.0 Å². The Kier molecular flexibility index (Phi) is 6.52. The topological polar surface area (TPSA) is 95.7 Å². The molecule has 0 atom stereocenters. The number of ether oxygens (including phenoxy) is 2. The predicted molar refractivity (Wildman–Crippen MR) is 99.5 cm³/mol. The Labute approximate surface area is 161 Å². The zero-order chi connectivity index (χ0) is 19.5. The molecule has 0 radical (unpaired) electrons. The number of para-hydroxylation sites is 1. The number of aryl methyl sites for hydroxylation is 1. The molecule has 2 rings (SSSR count). The molecule has 6 nitrogen and oxygen atoms in total. The number of benzene rings is 2. The normalized spacial score (nSPS) is 11.3. The van der Waals surface area contributed by atoms with Gasteiger partial charge in [-0.3, -0.25) is 0 Å². The summed E-state index contributed by atoms with van der Waals surface area (Å²) in [6.45, 7) is 3.26. The summed E-state index contributed by atoms with van der Waals surface area (Å²) in [7, 11) is -3.94. The van der Waals surface area contributed by atoms with E-state index in [0.717, 1.165) is 0 Å². The van der Waals surface area contributed by atoms with E-state index in [-0.39, 0.29) is 23.7 Å². The second kappa shape index (κ2) is 8.26. The van der Waals surface area contributed by atoms with Crippen LogP contribution in [0.1, 0.15) is 21.5 Å². The molecule has 0 spiro atoms. The Bertz CT molecular complexity index is 924. The molecule has 0 aliphatic carbocycles. The van der Waals surface area contributed by atoms with Gasteiger partial charge in [0.1, 0.15) is 13.2 Å². The van der Waals surface area contributed by atoms with E-state index in [2.05, 4.69) is 0 Å². The van der Waals surface area contributed by atoms with Crippen LogP contribution < -0.4 is 9.88 Å². The molecule has 2 N–H and O–H groups in total. The molecule has 0 aliphatic heterocycles. The maximum absolute atomic E-state index is 12.2. The number of primary sulfonamides is 1. The van der Waals surface area contributed by atoms with Crippen molar-refractivity contribution in [3.8, 4) is 5.75 Å². The van der Waals surface area contributed by atoms with Gasteiger partial charge in [-0.2, -0.15) is 0 Å². The first-order valence-electron chi connectivity index (χ1n) is 7.49. The molecule has 2 aromatic rings. The Morgan fingerprint density at radius 1 is 1.12 bits per heavy atom. The summed E-state index contributed by atoms with van der Waals surface area (Å²) in [6, 6.07) is 7.67. The van der Waals surface area contributed by atoms with Crippen molar-refractivity contribution in [3.05, 3.63) is 57.1 Å². The Morgan fingerprint density at radius 2 is 1.73 bits per heavy atom. The maximum Gasteiger partial charge on any atom is 0.338 e. The lowest BCUT2D eigenvalue weighted by molar-refractivity contribution is 0.0450. The Morgan fingerprint density at radius 3 is 2.31 bits per heavy atom. The summed E-state index contributed by atoms with van der Waals surface area (Å²) in [5.41, 5.74) is 1.19. The minimum absolute atomic E-state index is 0.0298. The molecular weight excluding hydrogens is 401 g/mol. The summed E-state index contributed by atoms with van der Waals surface area (Å²) in [4.78, 5) is 12.1. The number of nitrogens with two attached hydrogens (primary N) is 1. The van der Waals surface area contributed by atoms with Crippen molar-refractivity contribution in [2.24, 2.45) is 5.14 Å². The molecule has 0 saturated carbocycles. The number of halogens is 2. The van der Waals surface area contributed by atoms with Crippen molar-refractivity contribution in [1.29, 1.82) is 0 Å². The van der Waals surface area contributed by atoms with Crippen molar-refractivity contribution in [2.75, 3.05) is 13.2 Å². The van der Waals surface area contributed by atoms with E-state index >= 15 is 0 Å². The lowest BCUT2D eigenvalue weighted by Gasteiger charge is -2.12. The second-order valence-corrected chi connectivity index (χ2v) is 7.84. The smallest absolute Gasteiger partial charge is 0.338 e. The first kappa shape index (κ1) is 20.5. The first-order chi connectivity index (χ1) is 12.1. The molecule has 0 aliphatic rings. The first-order valence-corrected chi connectivity index (χ1v) is 9.79. The molecule has 0 aromatic heterocycles. The summed E-state index contributed by atoms with van der Waals surface area (Å²) in [6.07, 6.45) is 0. The molecule has 0 fully saturated rings. The Hall–Kier alpha value is -1.80. The summed E-state index contributed by atoms with van der Waals surface area (Å²) < 4.78 is 33.8. The average molecular weight is 418 g/mol. The van der Waals surface area contributed by atoms with Gasteiger partial charge in [0.2, 0.25) is 10.0 Å². The van der Waals surface area contributed by atoms with Gasteiger partial charge in [-0.15, -0.1) is 0 Å².